The van der Waals surface area contributed by atoms with E-state index in [2.05, 4.69) is 15.1 Å². The van der Waals surface area contributed by atoms with Gasteiger partial charge in [0.2, 0.25) is 5.95 Å². The number of piperazine rings is 1. The van der Waals surface area contributed by atoms with Crippen molar-refractivity contribution in [2.24, 2.45) is 0 Å². The third-order valence-corrected chi connectivity index (χ3v) is 5.56. The summed E-state index contributed by atoms with van der Waals surface area (Å²) in [5, 5.41) is 4.87. The van der Waals surface area contributed by atoms with Crippen LogP contribution in [0.1, 0.15) is 15.9 Å². The number of hydrogen-bond acceptors (Lipinski definition) is 5. The Hall–Kier alpha value is -3.94. The van der Waals surface area contributed by atoms with E-state index in [1.54, 1.807) is 16.9 Å². The Kier molecular flexibility index (Phi) is 4.74. The molecule has 2 aromatic carbocycles. The van der Waals surface area contributed by atoms with Gasteiger partial charge in [0.15, 0.2) is 0 Å². The molecule has 1 fully saturated rings. The van der Waals surface area contributed by atoms with Crippen molar-refractivity contribution >= 4 is 22.8 Å². The number of aryl methyl sites for hydroxylation is 1. The lowest BCUT2D eigenvalue weighted by atomic mass is 10.1. The second-order valence-electron chi connectivity index (χ2n) is 7.70. The summed E-state index contributed by atoms with van der Waals surface area (Å²) in [6.45, 7) is 4.34. The second kappa shape index (κ2) is 7.71. The molecule has 2 aromatic heterocycles. The molecule has 31 heavy (non-hydrogen) atoms. The molecule has 8 heteroatoms. The van der Waals surface area contributed by atoms with Gasteiger partial charge in [0, 0.05) is 37.9 Å². The molecule has 1 N–H and O–H groups in total. The zero-order chi connectivity index (χ0) is 21.4. The summed E-state index contributed by atoms with van der Waals surface area (Å²) < 4.78 is 1.79. The van der Waals surface area contributed by atoms with Crippen molar-refractivity contribution in [3.8, 4) is 5.69 Å². The number of H-pyrrole nitrogens is 1. The molecule has 1 aliphatic heterocycles. The Labute approximate surface area is 178 Å². The van der Waals surface area contributed by atoms with Crippen molar-refractivity contribution in [2.75, 3.05) is 31.1 Å². The number of nitrogens with one attached hydrogen (secondary N) is 1. The first-order valence-electron chi connectivity index (χ1n) is 10.2. The molecule has 0 atom stereocenters. The summed E-state index contributed by atoms with van der Waals surface area (Å²) in [6.07, 6.45) is 3.75. The van der Waals surface area contributed by atoms with Gasteiger partial charge in [-0.15, -0.1) is 0 Å². The molecular formula is C23H22N6O2. The van der Waals surface area contributed by atoms with Crippen LogP contribution in [0.4, 0.5) is 5.95 Å². The summed E-state index contributed by atoms with van der Waals surface area (Å²) in [5.41, 5.74) is 3.18. The van der Waals surface area contributed by atoms with Crippen molar-refractivity contribution in [3.63, 3.8) is 0 Å². The molecule has 1 saturated heterocycles. The highest BCUT2D eigenvalue weighted by Gasteiger charge is 2.23. The zero-order valence-corrected chi connectivity index (χ0v) is 17.2. The molecule has 0 aliphatic carbocycles. The lowest BCUT2D eigenvalue weighted by Crippen LogP contribution is -2.49. The molecule has 0 spiro atoms. The van der Waals surface area contributed by atoms with Crippen LogP contribution in [0.3, 0.4) is 0 Å². The van der Waals surface area contributed by atoms with Gasteiger partial charge in [-0.2, -0.15) is 5.10 Å². The minimum Gasteiger partial charge on any atom is -0.339 e. The minimum absolute atomic E-state index is 0.00260. The monoisotopic (exact) mass is 414 g/mol. The molecule has 0 radical (unpaired) electrons. The quantitative estimate of drug-likeness (QED) is 0.556. The molecule has 3 heterocycles. The van der Waals surface area contributed by atoms with Gasteiger partial charge < -0.3 is 9.80 Å². The molecule has 4 aromatic rings. The van der Waals surface area contributed by atoms with E-state index >= 15 is 0 Å². The predicted molar refractivity (Wildman–Crippen MR) is 119 cm³/mol. The summed E-state index contributed by atoms with van der Waals surface area (Å²) >= 11 is 0. The van der Waals surface area contributed by atoms with E-state index < -0.39 is 0 Å². The number of fused-ring (bicyclic) bond motifs is 1. The molecule has 8 nitrogen and oxygen atoms in total. The average Bonchev–Trinajstić information content (AvgIpc) is 3.25. The number of carbonyl (C=O) groups is 1. The second-order valence-corrected chi connectivity index (χ2v) is 7.70. The molecule has 1 aliphatic rings. The van der Waals surface area contributed by atoms with Crippen molar-refractivity contribution < 1.29 is 4.79 Å². The average molecular weight is 414 g/mol. The number of hydrogen-bond donors (Lipinski definition) is 1. The number of nitrogens with zero attached hydrogens (tertiary/aromatic N) is 5. The Bertz CT molecular complexity index is 1300. The number of anilines is 1. The lowest BCUT2D eigenvalue weighted by molar-refractivity contribution is 0.0746. The van der Waals surface area contributed by atoms with Crippen LogP contribution >= 0.6 is 0 Å². The highest BCUT2D eigenvalue weighted by molar-refractivity contribution is 5.94. The number of rotatable bonds is 3. The first kappa shape index (κ1) is 19.0. The third-order valence-electron chi connectivity index (χ3n) is 5.56. The van der Waals surface area contributed by atoms with E-state index in [9.17, 15) is 9.59 Å². The van der Waals surface area contributed by atoms with Crippen LogP contribution in [-0.4, -0.2) is 56.7 Å². The SMILES string of the molecule is Cc1cnn(-c2ccc(C(=O)N3CCN(c4nc5ccccc5c(=O)[nH]4)CC3)cc2)c1. The maximum absolute atomic E-state index is 12.9. The van der Waals surface area contributed by atoms with E-state index in [4.69, 9.17) is 0 Å². The topological polar surface area (TPSA) is 87.1 Å². The molecule has 156 valence electrons. The van der Waals surface area contributed by atoms with Crippen LogP contribution in [0.2, 0.25) is 0 Å². The van der Waals surface area contributed by atoms with Crippen molar-refractivity contribution in [3.05, 3.63) is 82.4 Å². The van der Waals surface area contributed by atoms with Gasteiger partial charge in [-0.3, -0.25) is 14.6 Å². The van der Waals surface area contributed by atoms with Crippen molar-refractivity contribution in [2.45, 2.75) is 6.92 Å². The molecule has 0 unspecified atom stereocenters. The van der Waals surface area contributed by atoms with Crippen molar-refractivity contribution in [1.82, 2.24) is 24.6 Å². The fraction of sp³-hybridized carbons (Fsp3) is 0.217. The van der Waals surface area contributed by atoms with Gasteiger partial charge in [-0.1, -0.05) is 12.1 Å². The Morgan fingerprint density at radius 2 is 1.74 bits per heavy atom. The summed E-state index contributed by atoms with van der Waals surface area (Å²) in [7, 11) is 0. The van der Waals surface area contributed by atoms with E-state index in [1.807, 2.05) is 65.4 Å². The van der Waals surface area contributed by atoms with Gasteiger partial charge in [0.05, 0.1) is 22.8 Å². The number of aromatic nitrogens is 4. The maximum atomic E-state index is 12.9. The first-order valence-corrected chi connectivity index (χ1v) is 10.2. The zero-order valence-electron chi connectivity index (χ0n) is 17.2. The van der Waals surface area contributed by atoms with Crippen LogP contribution < -0.4 is 10.5 Å². The smallest absolute Gasteiger partial charge is 0.260 e. The maximum Gasteiger partial charge on any atom is 0.260 e. The van der Waals surface area contributed by atoms with Gasteiger partial charge >= 0.3 is 0 Å². The number of carbonyl (C=O) groups excluding carboxylic acids is 1. The molecule has 5 rings (SSSR count). The normalized spacial score (nSPS) is 14.2. The number of benzene rings is 2. The van der Waals surface area contributed by atoms with E-state index in [0.717, 1.165) is 11.3 Å². The summed E-state index contributed by atoms with van der Waals surface area (Å²) in [4.78, 5) is 36.6. The number of amides is 1. The Balaban J connectivity index is 1.27. The first-order chi connectivity index (χ1) is 15.1. The van der Waals surface area contributed by atoms with Gasteiger partial charge in [0.25, 0.3) is 11.5 Å². The van der Waals surface area contributed by atoms with Gasteiger partial charge in [-0.05, 0) is 48.9 Å². The molecule has 0 saturated carbocycles. The number of aromatic amines is 1. The highest BCUT2D eigenvalue weighted by Crippen LogP contribution is 2.16. The van der Waals surface area contributed by atoms with E-state index in [-0.39, 0.29) is 11.5 Å². The van der Waals surface area contributed by atoms with E-state index in [1.165, 1.54) is 0 Å². The van der Waals surface area contributed by atoms with Gasteiger partial charge in [-0.25, -0.2) is 9.67 Å². The molecule has 1 amide bonds. The van der Waals surface area contributed by atoms with E-state index in [0.29, 0.717) is 48.6 Å². The summed E-state index contributed by atoms with van der Waals surface area (Å²) in [5.74, 6) is 0.553. The standard InChI is InChI=1S/C23H22N6O2/c1-16-14-24-29(15-16)18-8-6-17(7-9-18)22(31)27-10-12-28(13-11-27)23-25-20-5-3-2-4-19(20)21(30)26-23/h2-9,14-15H,10-13H2,1H3,(H,25,26,30). The van der Waals surface area contributed by atoms with Crippen LogP contribution in [0, 0.1) is 6.92 Å². The Morgan fingerprint density at radius 1 is 1.00 bits per heavy atom. The molecule has 0 bridgehead atoms. The lowest BCUT2D eigenvalue weighted by Gasteiger charge is -2.35. The fourth-order valence-electron chi connectivity index (χ4n) is 3.84. The highest BCUT2D eigenvalue weighted by atomic mass is 16.2. The third kappa shape index (κ3) is 3.68. The number of para-hydroxylation sites is 1. The van der Waals surface area contributed by atoms with Crippen LogP contribution in [-0.2, 0) is 0 Å². The van der Waals surface area contributed by atoms with Crippen LogP contribution in [0.5, 0.6) is 0 Å². The van der Waals surface area contributed by atoms with Crippen LogP contribution in [0.25, 0.3) is 16.6 Å². The van der Waals surface area contributed by atoms with Crippen LogP contribution in [0.15, 0.2) is 65.7 Å². The van der Waals surface area contributed by atoms with Gasteiger partial charge in [0.1, 0.15) is 0 Å². The summed E-state index contributed by atoms with van der Waals surface area (Å²) in [6, 6.07) is 14.8. The molecular weight excluding hydrogens is 392 g/mol. The minimum atomic E-state index is -0.147. The fourth-order valence-corrected chi connectivity index (χ4v) is 3.84. The Morgan fingerprint density at radius 3 is 2.45 bits per heavy atom. The predicted octanol–water partition coefficient (Wildman–Crippen LogP) is 2.38. The van der Waals surface area contributed by atoms with Crippen molar-refractivity contribution in [1.29, 1.82) is 0 Å². The largest absolute Gasteiger partial charge is 0.339 e.